The molecule has 0 spiro atoms. The van der Waals surface area contributed by atoms with E-state index in [2.05, 4.69) is 123 Å². The summed E-state index contributed by atoms with van der Waals surface area (Å²) in [4.78, 5) is 13.2. The van der Waals surface area contributed by atoms with Gasteiger partial charge in [-0.1, -0.05) is 100 Å². The normalized spacial score (nSPS) is 18.4. The first kappa shape index (κ1) is 33.9. The summed E-state index contributed by atoms with van der Waals surface area (Å²) < 4.78 is 20.1. The van der Waals surface area contributed by atoms with E-state index in [1.54, 1.807) is 0 Å². The zero-order chi connectivity index (χ0) is 31.4. The summed E-state index contributed by atoms with van der Waals surface area (Å²) >= 11 is 2.39. The number of esters is 1. The van der Waals surface area contributed by atoms with Gasteiger partial charge >= 0.3 is 5.97 Å². The van der Waals surface area contributed by atoms with Crippen molar-refractivity contribution < 1.29 is 18.5 Å². The van der Waals surface area contributed by atoms with Gasteiger partial charge in [-0.15, -0.1) is 0 Å². The van der Waals surface area contributed by atoms with Gasteiger partial charge in [0.05, 0.1) is 9.99 Å². The van der Waals surface area contributed by atoms with Crippen LogP contribution in [0.2, 0.25) is 5.04 Å². The molecule has 2 aromatic carbocycles. The zero-order valence-electron chi connectivity index (χ0n) is 27.3. The van der Waals surface area contributed by atoms with Gasteiger partial charge < -0.3 is 13.7 Å². The zero-order valence-corrected chi connectivity index (χ0v) is 30.4. The highest BCUT2D eigenvalue weighted by atomic mass is 127. The molecule has 1 aromatic heterocycles. The molecular formula is C36H50INO4Si. The molecule has 0 N–H and O–H groups in total. The van der Waals surface area contributed by atoms with Crippen LogP contribution in [0.15, 0.2) is 65.2 Å². The molecule has 234 valence electrons. The minimum atomic E-state index is -2.70. The minimum Gasteiger partial charge on any atom is -0.460 e. The van der Waals surface area contributed by atoms with Crippen molar-refractivity contribution in [2.24, 2.45) is 11.8 Å². The summed E-state index contributed by atoms with van der Waals surface area (Å²) in [6, 6.07) is 21.4. The molecule has 1 aliphatic carbocycles. The molecule has 5 nitrogen and oxygen atoms in total. The van der Waals surface area contributed by atoms with Crippen LogP contribution < -0.4 is 10.4 Å². The molecule has 1 saturated carbocycles. The third kappa shape index (κ3) is 8.20. The van der Waals surface area contributed by atoms with Crippen LogP contribution in [0.4, 0.5) is 0 Å². The number of nitrogens with zero attached hydrogens (tertiary/aromatic N) is 1. The molecule has 0 unspecified atom stereocenters. The molecule has 4 rings (SSSR count). The van der Waals surface area contributed by atoms with E-state index in [1.807, 2.05) is 20.8 Å². The van der Waals surface area contributed by atoms with E-state index in [9.17, 15) is 4.79 Å². The smallest absolute Gasteiger partial charge is 0.306 e. The topological polar surface area (TPSA) is 61.6 Å². The number of halogens is 1. The van der Waals surface area contributed by atoms with E-state index < -0.39 is 13.9 Å². The second-order valence-corrected chi connectivity index (χ2v) is 20.1. The van der Waals surface area contributed by atoms with Crippen molar-refractivity contribution in [1.29, 1.82) is 0 Å². The Labute approximate surface area is 273 Å². The number of carbonyl (C=O) groups excluding carboxylic acids is 1. The fraction of sp³-hybridized carbons (Fsp3) is 0.556. The lowest BCUT2D eigenvalue weighted by Gasteiger charge is -2.43. The Morgan fingerprint density at radius 3 is 2.02 bits per heavy atom. The van der Waals surface area contributed by atoms with Crippen LogP contribution in [0, 0.1) is 15.4 Å². The van der Waals surface area contributed by atoms with Crippen LogP contribution >= 0.6 is 22.6 Å². The van der Waals surface area contributed by atoms with Crippen LogP contribution in [0.3, 0.4) is 0 Å². The maximum atomic E-state index is 13.2. The average molecular weight is 716 g/mol. The molecule has 1 aliphatic rings. The van der Waals surface area contributed by atoms with Crippen LogP contribution in [-0.4, -0.2) is 31.7 Å². The van der Waals surface area contributed by atoms with Crippen molar-refractivity contribution in [3.63, 3.8) is 0 Å². The van der Waals surface area contributed by atoms with Crippen molar-refractivity contribution in [3.8, 4) is 0 Å². The van der Waals surface area contributed by atoms with Gasteiger partial charge in [0.25, 0.3) is 8.32 Å². The molecule has 0 aliphatic heterocycles. The van der Waals surface area contributed by atoms with Gasteiger partial charge in [0.1, 0.15) is 11.3 Å². The quantitative estimate of drug-likeness (QED) is 0.107. The predicted molar refractivity (Wildman–Crippen MR) is 186 cm³/mol. The first-order valence-electron chi connectivity index (χ1n) is 15.8. The Bertz CT molecular complexity index is 1280. The molecule has 0 saturated heterocycles. The number of benzene rings is 2. The summed E-state index contributed by atoms with van der Waals surface area (Å²) in [5.74, 6) is 2.48. The molecule has 0 bridgehead atoms. The summed E-state index contributed by atoms with van der Waals surface area (Å²) in [5, 5.41) is 6.97. The van der Waals surface area contributed by atoms with E-state index in [0.717, 1.165) is 33.8 Å². The second kappa shape index (κ2) is 14.0. The van der Waals surface area contributed by atoms with Gasteiger partial charge in [-0.3, -0.25) is 4.79 Å². The number of rotatable bonds is 12. The number of hydrogen-bond acceptors (Lipinski definition) is 5. The predicted octanol–water partition coefficient (Wildman–Crippen LogP) is 8.60. The fourth-order valence-electron chi connectivity index (χ4n) is 6.66. The van der Waals surface area contributed by atoms with E-state index in [0.29, 0.717) is 24.9 Å². The standard InChI is InChI=1S/C36H50INO4Si/c1-25(2)21-26-22-28(23-26)34-32(37)33(38-42-34)27(24-31(39)41-35(3,4)5)19-20-40-43(36(6,7)8,29-15-11-9-12-16-29)30-17-13-10-14-18-30/h9-18,25-28H,19-24H2,1-8H3/t26?,27-,28?/m1/s1. The summed E-state index contributed by atoms with van der Waals surface area (Å²) in [5.41, 5.74) is 0.312. The molecule has 3 aromatic rings. The van der Waals surface area contributed by atoms with Crippen molar-refractivity contribution in [2.75, 3.05) is 6.61 Å². The van der Waals surface area contributed by atoms with E-state index in [1.165, 1.54) is 16.8 Å². The Kier molecular flexibility index (Phi) is 11.0. The molecule has 1 heterocycles. The third-order valence-corrected chi connectivity index (χ3v) is 14.6. The number of ether oxygens (including phenoxy) is 1. The Hall–Kier alpha value is -1.97. The Balaban J connectivity index is 1.61. The third-order valence-electron chi connectivity index (χ3n) is 8.52. The molecule has 0 amide bonds. The maximum absolute atomic E-state index is 13.2. The van der Waals surface area contributed by atoms with Gasteiger partial charge in [0.15, 0.2) is 5.76 Å². The molecule has 43 heavy (non-hydrogen) atoms. The van der Waals surface area contributed by atoms with Gasteiger partial charge in [0, 0.05) is 18.4 Å². The van der Waals surface area contributed by atoms with Crippen molar-refractivity contribution in [3.05, 3.63) is 75.7 Å². The first-order valence-corrected chi connectivity index (χ1v) is 18.8. The summed E-state index contributed by atoms with van der Waals surface area (Å²) in [6.45, 7) is 17.7. The largest absolute Gasteiger partial charge is 0.460 e. The van der Waals surface area contributed by atoms with Crippen molar-refractivity contribution in [1.82, 2.24) is 5.16 Å². The lowest BCUT2D eigenvalue weighted by molar-refractivity contribution is -0.155. The number of aromatic nitrogens is 1. The van der Waals surface area contributed by atoms with Crippen molar-refractivity contribution in [2.45, 2.75) is 110 Å². The molecule has 7 heteroatoms. The summed E-state index contributed by atoms with van der Waals surface area (Å²) in [6.07, 6.45) is 4.44. The minimum absolute atomic E-state index is 0.122. The SMILES string of the molecule is CC(C)CC1CC(c2onc([C@H](CCO[Si](c3ccccc3)(c3ccccc3)C(C)(C)C)CC(=O)OC(C)(C)C)c2I)C1. The molecule has 0 radical (unpaired) electrons. The van der Waals surface area contributed by atoms with Crippen LogP contribution in [0.1, 0.15) is 111 Å². The highest BCUT2D eigenvalue weighted by Crippen LogP contribution is 2.47. The van der Waals surface area contributed by atoms with Gasteiger partial charge in [-0.25, -0.2) is 0 Å². The van der Waals surface area contributed by atoms with E-state index in [4.69, 9.17) is 13.7 Å². The number of hydrogen-bond donors (Lipinski definition) is 0. The Morgan fingerprint density at radius 1 is 0.977 bits per heavy atom. The number of carbonyl (C=O) groups is 1. The second-order valence-electron chi connectivity index (χ2n) is 14.7. The monoisotopic (exact) mass is 715 g/mol. The van der Waals surface area contributed by atoms with Gasteiger partial charge in [0.2, 0.25) is 0 Å². The van der Waals surface area contributed by atoms with Crippen LogP contribution in [0.25, 0.3) is 0 Å². The first-order chi connectivity index (χ1) is 20.2. The van der Waals surface area contributed by atoms with Crippen LogP contribution in [-0.2, 0) is 14.0 Å². The summed E-state index contributed by atoms with van der Waals surface area (Å²) in [7, 11) is -2.70. The van der Waals surface area contributed by atoms with E-state index >= 15 is 0 Å². The molecular weight excluding hydrogens is 665 g/mol. The van der Waals surface area contributed by atoms with Gasteiger partial charge in [-0.05, 0) is 96.3 Å². The average Bonchev–Trinajstić information content (AvgIpc) is 3.27. The van der Waals surface area contributed by atoms with Crippen molar-refractivity contribution >= 4 is 47.3 Å². The van der Waals surface area contributed by atoms with Crippen LogP contribution in [0.5, 0.6) is 0 Å². The Morgan fingerprint density at radius 2 is 1.53 bits per heavy atom. The highest BCUT2D eigenvalue weighted by molar-refractivity contribution is 14.1. The maximum Gasteiger partial charge on any atom is 0.306 e. The van der Waals surface area contributed by atoms with E-state index in [-0.39, 0.29) is 23.3 Å². The van der Waals surface area contributed by atoms with Gasteiger partial charge in [-0.2, -0.15) is 0 Å². The fourth-order valence-corrected chi connectivity index (χ4v) is 12.3. The highest BCUT2D eigenvalue weighted by Gasteiger charge is 2.50. The molecule has 1 fully saturated rings. The molecule has 1 atom stereocenters. The lowest BCUT2D eigenvalue weighted by atomic mass is 9.70. The lowest BCUT2D eigenvalue weighted by Crippen LogP contribution is -2.66.